The third-order valence-electron chi connectivity index (χ3n) is 5.58. The number of nitrogens with zero attached hydrogens (tertiary/aromatic N) is 1. The van der Waals surface area contributed by atoms with Gasteiger partial charge >= 0.3 is 5.97 Å². The van der Waals surface area contributed by atoms with Crippen molar-refractivity contribution in [3.63, 3.8) is 0 Å². The summed E-state index contributed by atoms with van der Waals surface area (Å²) in [5.74, 6) is -0.517. The molecule has 0 saturated carbocycles. The first-order chi connectivity index (χ1) is 17.0. The molecule has 4 aromatic rings. The number of nitrogens with two attached hydrogens (primary N) is 1. The quantitative estimate of drug-likeness (QED) is 0.258. The maximum atomic E-state index is 13.3. The average molecular weight is 564 g/mol. The lowest BCUT2D eigenvalue weighted by molar-refractivity contribution is 0.0526. The van der Waals surface area contributed by atoms with E-state index in [0.29, 0.717) is 48.8 Å². The van der Waals surface area contributed by atoms with Crippen LogP contribution in [0.2, 0.25) is 15.1 Å². The Morgan fingerprint density at radius 3 is 2.00 bits per heavy atom. The SMILES string of the molecule is CCOC(=O)c1c(-c2cc(Cl)cc(Cl)c2)c(-c2ccc(Cl)cc2)n(-c2ccc(S(N)(=O)=O)cc2)c1C. The largest absolute Gasteiger partial charge is 0.462 e. The highest BCUT2D eigenvalue weighted by molar-refractivity contribution is 7.89. The van der Waals surface area contributed by atoms with Crippen LogP contribution in [0, 0.1) is 6.92 Å². The second-order valence-corrected chi connectivity index (χ2v) is 10.8. The van der Waals surface area contributed by atoms with Gasteiger partial charge in [0.1, 0.15) is 0 Å². The van der Waals surface area contributed by atoms with E-state index >= 15 is 0 Å². The number of aromatic nitrogens is 1. The monoisotopic (exact) mass is 562 g/mol. The third-order valence-corrected chi connectivity index (χ3v) is 7.20. The molecular formula is C26H21Cl3N2O4S. The van der Waals surface area contributed by atoms with Gasteiger partial charge in [-0.05, 0) is 79.6 Å². The van der Waals surface area contributed by atoms with Crippen LogP contribution in [0.3, 0.4) is 0 Å². The maximum absolute atomic E-state index is 13.3. The van der Waals surface area contributed by atoms with Crippen LogP contribution in [-0.2, 0) is 14.8 Å². The van der Waals surface area contributed by atoms with Crippen molar-refractivity contribution in [3.05, 3.63) is 93.1 Å². The molecule has 4 rings (SSSR count). The molecule has 0 amide bonds. The zero-order valence-electron chi connectivity index (χ0n) is 19.3. The van der Waals surface area contributed by atoms with Gasteiger partial charge in [-0.1, -0.05) is 46.9 Å². The first kappa shape index (κ1) is 26.3. The second kappa shape index (κ2) is 10.3. The number of ether oxygens (including phenoxy) is 1. The fraction of sp³-hybridized carbons (Fsp3) is 0.115. The van der Waals surface area contributed by atoms with Crippen LogP contribution in [0.25, 0.3) is 28.1 Å². The van der Waals surface area contributed by atoms with Gasteiger partial charge in [-0.15, -0.1) is 0 Å². The van der Waals surface area contributed by atoms with Gasteiger partial charge in [-0.3, -0.25) is 0 Å². The van der Waals surface area contributed by atoms with Gasteiger partial charge in [-0.2, -0.15) is 0 Å². The van der Waals surface area contributed by atoms with E-state index in [-0.39, 0.29) is 11.5 Å². The first-order valence-corrected chi connectivity index (χ1v) is 13.5. The first-order valence-electron chi connectivity index (χ1n) is 10.8. The van der Waals surface area contributed by atoms with Gasteiger partial charge < -0.3 is 9.30 Å². The summed E-state index contributed by atoms with van der Waals surface area (Å²) < 4.78 is 30.9. The zero-order valence-corrected chi connectivity index (χ0v) is 22.3. The van der Waals surface area contributed by atoms with E-state index in [4.69, 9.17) is 44.7 Å². The number of esters is 1. The molecular weight excluding hydrogens is 543 g/mol. The van der Waals surface area contributed by atoms with Crippen LogP contribution >= 0.6 is 34.8 Å². The van der Waals surface area contributed by atoms with Crippen LogP contribution in [-0.4, -0.2) is 25.6 Å². The van der Waals surface area contributed by atoms with Crippen LogP contribution in [0.4, 0.5) is 0 Å². The van der Waals surface area contributed by atoms with Gasteiger partial charge in [0.05, 0.1) is 22.8 Å². The summed E-state index contributed by atoms with van der Waals surface area (Å²) in [5, 5.41) is 6.63. The number of rotatable bonds is 6. The average Bonchev–Trinajstić information content (AvgIpc) is 3.11. The molecule has 6 nitrogen and oxygen atoms in total. The Bertz CT molecular complexity index is 1540. The van der Waals surface area contributed by atoms with E-state index in [9.17, 15) is 13.2 Å². The van der Waals surface area contributed by atoms with E-state index in [0.717, 1.165) is 5.56 Å². The predicted octanol–water partition coefficient (Wildman–Crippen LogP) is 6.90. The van der Waals surface area contributed by atoms with E-state index in [1.165, 1.54) is 12.1 Å². The molecule has 0 atom stereocenters. The van der Waals surface area contributed by atoms with Crippen molar-refractivity contribution >= 4 is 50.8 Å². The summed E-state index contributed by atoms with van der Waals surface area (Å²) in [5.41, 5.74) is 4.09. The minimum absolute atomic E-state index is 0.0310. The Morgan fingerprint density at radius 2 is 1.47 bits per heavy atom. The summed E-state index contributed by atoms with van der Waals surface area (Å²) >= 11 is 18.8. The van der Waals surface area contributed by atoms with Crippen molar-refractivity contribution in [3.8, 4) is 28.1 Å². The Labute approximate surface area is 224 Å². The van der Waals surface area contributed by atoms with Crippen molar-refractivity contribution in [2.24, 2.45) is 5.14 Å². The van der Waals surface area contributed by atoms with Gasteiger partial charge in [0, 0.05) is 32.0 Å². The van der Waals surface area contributed by atoms with E-state index in [2.05, 4.69) is 0 Å². The normalized spacial score (nSPS) is 11.5. The number of sulfonamides is 1. The fourth-order valence-corrected chi connectivity index (χ4v) is 5.28. The number of carbonyl (C=O) groups excluding carboxylic acids is 1. The van der Waals surface area contributed by atoms with Crippen molar-refractivity contribution in [1.29, 1.82) is 0 Å². The van der Waals surface area contributed by atoms with Crippen molar-refractivity contribution in [2.75, 3.05) is 6.61 Å². The molecule has 0 bridgehead atoms. The molecule has 1 heterocycles. The minimum atomic E-state index is -3.88. The van der Waals surface area contributed by atoms with E-state index in [1.54, 1.807) is 56.3 Å². The van der Waals surface area contributed by atoms with Crippen molar-refractivity contribution in [2.45, 2.75) is 18.7 Å². The van der Waals surface area contributed by atoms with Crippen molar-refractivity contribution < 1.29 is 17.9 Å². The number of hydrogen-bond donors (Lipinski definition) is 1. The molecule has 0 fully saturated rings. The zero-order chi connectivity index (χ0) is 26.2. The summed E-state index contributed by atoms with van der Waals surface area (Å²) in [7, 11) is -3.88. The highest BCUT2D eigenvalue weighted by Crippen LogP contribution is 2.43. The highest BCUT2D eigenvalue weighted by Gasteiger charge is 2.29. The molecule has 0 saturated heterocycles. The smallest absolute Gasteiger partial charge is 0.340 e. The lowest BCUT2D eigenvalue weighted by Crippen LogP contribution is -2.12. The van der Waals surface area contributed by atoms with Gasteiger partial charge in [0.15, 0.2) is 0 Å². The topological polar surface area (TPSA) is 91.4 Å². The molecule has 0 unspecified atom stereocenters. The molecule has 1 aromatic heterocycles. The van der Waals surface area contributed by atoms with Gasteiger partial charge in [0.25, 0.3) is 0 Å². The Balaban J connectivity index is 2.14. The summed E-state index contributed by atoms with van der Waals surface area (Å²) in [6, 6.07) is 18.3. The maximum Gasteiger partial charge on any atom is 0.340 e. The Hall–Kier alpha value is -2.81. The molecule has 3 aromatic carbocycles. The lowest BCUT2D eigenvalue weighted by Gasteiger charge is -2.15. The Morgan fingerprint density at radius 1 is 0.889 bits per heavy atom. The molecule has 10 heteroatoms. The highest BCUT2D eigenvalue weighted by atomic mass is 35.5. The number of benzene rings is 3. The molecule has 186 valence electrons. The van der Waals surface area contributed by atoms with E-state index < -0.39 is 16.0 Å². The summed E-state index contributed by atoms with van der Waals surface area (Å²) in [4.78, 5) is 13.2. The van der Waals surface area contributed by atoms with Crippen LogP contribution in [0.15, 0.2) is 71.6 Å². The second-order valence-electron chi connectivity index (χ2n) is 7.94. The predicted molar refractivity (Wildman–Crippen MR) is 144 cm³/mol. The van der Waals surface area contributed by atoms with Crippen molar-refractivity contribution in [1.82, 2.24) is 4.57 Å². The molecule has 0 aliphatic heterocycles. The van der Waals surface area contributed by atoms with Crippen LogP contribution in [0.5, 0.6) is 0 Å². The number of halogens is 3. The van der Waals surface area contributed by atoms with Gasteiger partial charge in [-0.25, -0.2) is 18.4 Å². The molecule has 0 aliphatic rings. The number of hydrogen-bond acceptors (Lipinski definition) is 4. The summed E-state index contributed by atoms with van der Waals surface area (Å²) in [6.07, 6.45) is 0. The van der Waals surface area contributed by atoms with Crippen LogP contribution < -0.4 is 5.14 Å². The van der Waals surface area contributed by atoms with Gasteiger partial charge in [0.2, 0.25) is 10.0 Å². The number of carbonyl (C=O) groups is 1. The molecule has 0 radical (unpaired) electrons. The number of primary sulfonamides is 1. The molecule has 36 heavy (non-hydrogen) atoms. The Kier molecular flexibility index (Phi) is 7.50. The fourth-order valence-electron chi connectivity index (χ4n) is 4.11. The molecule has 0 spiro atoms. The lowest BCUT2D eigenvalue weighted by atomic mass is 9.97. The molecule has 0 aliphatic carbocycles. The molecule has 2 N–H and O–H groups in total. The third kappa shape index (κ3) is 5.16. The minimum Gasteiger partial charge on any atom is -0.462 e. The van der Waals surface area contributed by atoms with Crippen LogP contribution in [0.1, 0.15) is 23.0 Å². The van der Waals surface area contributed by atoms with E-state index in [1.807, 2.05) is 16.7 Å². The standard InChI is InChI=1S/C26H21Cl3N2O4S/c1-3-35-26(32)23-15(2)31(21-8-10-22(11-9-21)36(30,33)34)25(16-4-6-18(27)7-5-16)24(23)17-12-19(28)14-20(29)13-17/h4-14H,3H2,1-2H3,(H2,30,33,34). The summed E-state index contributed by atoms with van der Waals surface area (Å²) in [6.45, 7) is 3.69.